The van der Waals surface area contributed by atoms with Gasteiger partial charge in [0.05, 0.1) is 0 Å². The minimum Gasteiger partial charge on any atom is -0.359 e. The Labute approximate surface area is 113 Å². The molecular formula is C16H30N2. The number of rotatable bonds is 4. The highest BCUT2D eigenvalue weighted by Crippen LogP contribution is 2.29. The molecule has 0 saturated carbocycles. The zero-order valence-corrected chi connectivity index (χ0v) is 13.3. The SMILES string of the molecule is CC(C)C1=C(C(C)C)NC(C(C)C)=C(C(C)C)N1. The van der Waals surface area contributed by atoms with Crippen LogP contribution in [0.3, 0.4) is 0 Å². The molecule has 0 aromatic carbocycles. The van der Waals surface area contributed by atoms with E-state index < -0.39 is 0 Å². The molecule has 18 heavy (non-hydrogen) atoms. The largest absolute Gasteiger partial charge is 0.359 e. The molecule has 0 spiro atoms. The van der Waals surface area contributed by atoms with Crippen molar-refractivity contribution in [3.63, 3.8) is 0 Å². The maximum atomic E-state index is 3.71. The van der Waals surface area contributed by atoms with E-state index in [-0.39, 0.29) is 0 Å². The summed E-state index contributed by atoms with van der Waals surface area (Å²) in [5.74, 6) is 2.10. The van der Waals surface area contributed by atoms with Crippen LogP contribution in [0.5, 0.6) is 0 Å². The van der Waals surface area contributed by atoms with Crippen molar-refractivity contribution in [3.8, 4) is 0 Å². The lowest BCUT2D eigenvalue weighted by Gasteiger charge is -2.35. The average molecular weight is 250 g/mol. The lowest BCUT2D eigenvalue weighted by atomic mass is 9.93. The van der Waals surface area contributed by atoms with Crippen molar-refractivity contribution in [2.24, 2.45) is 23.7 Å². The number of nitrogens with one attached hydrogen (secondary N) is 2. The maximum absolute atomic E-state index is 3.71. The molecule has 2 heteroatoms. The van der Waals surface area contributed by atoms with Gasteiger partial charge in [-0.15, -0.1) is 0 Å². The molecule has 0 unspecified atom stereocenters. The van der Waals surface area contributed by atoms with Gasteiger partial charge in [-0.05, 0) is 23.7 Å². The monoisotopic (exact) mass is 250 g/mol. The zero-order chi connectivity index (χ0) is 14.0. The zero-order valence-electron chi connectivity index (χ0n) is 13.3. The molecule has 0 aromatic heterocycles. The Morgan fingerprint density at radius 3 is 0.722 bits per heavy atom. The first-order valence-electron chi connectivity index (χ1n) is 7.27. The maximum Gasteiger partial charge on any atom is 0.0373 e. The van der Waals surface area contributed by atoms with Gasteiger partial charge < -0.3 is 10.6 Å². The highest BCUT2D eigenvalue weighted by Gasteiger charge is 2.25. The van der Waals surface area contributed by atoms with E-state index in [4.69, 9.17) is 0 Å². The van der Waals surface area contributed by atoms with E-state index in [1.165, 1.54) is 22.8 Å². The highest BCUT2D eigenvalue weighted by atomic mass is 15.1. The van der Waals surface area contributed by atoms with Crippen LogP contribution >= 0.6 is 0 Å². The summed E-state index contributed by atoms with van der Waals surface area (Å²) in [5, 5.41) is 7.42. The van der Waals surface area contributed by atoms with E-state index in [1.807, 2.05) is 0 Å². The van der Waals surface area contributed by atoms with Crippen LogP contribution in [0.1, 0.15) is 55.4 Å². The number of hydrogen-bond donors (Lipinski definition) is 2. The molecule has 0 amide bonds. The Bertz CT molecular complexity index is 289. The van der Waals surface area contributed by atoms with Gasteiger partial charge in [0, 0.05) is 22.8 Å². The van der Waals surface area contributed by atoms with Gasteiger partial charge in [0.1, 0.15) is 0 Å². The summed E-state index contributed by atoms with van der Waals surface area (Å²) in [4.78, 5) is 0. The van der Waals surface area contributed by atoms with Gasteiger partial charge in [-0.3, -0.25) is 0 Å². The van der Waals surface area contributed by atoms with Gasteiger partial charge in [0.2, 0.25) is 0 Å². The Hall–Kier alpha value is -0.920. The smallest absolute Gasteiger partial charge is 0.0373 e. The number of allylic oxidation sites excluding steroid dienone is 4. The molecular weight excluding hydrogens is 220 g/mol. The molecule has 1 aliphatic heterocycles. The minimum absolute atomic E-state index is 0.525. The van der Waals surface area contributed by atoms with Crippen LogP contribution in [0.2, 0.25) is 0 Å². The highest BCUT2D eigenvalue weighted by molar-refractivity contribution is 5.33. The molecule has 104 valence electrons. The van der Waals surface area contributed by atoms with Gasteiger partial charge in [0.15, 0.2) is 0 Å². The summed E-state index contributed by atoms with van der Waals surface area (Å²) in [6.07, 6.45) is 0. The molecule has 0 aliphatic carbocycles. The molecule has 0 radical (unpaired) electrons. The Balaban J connectivity index is 3.18. The van der Waals surface area contributed by atoms with Crippen LogP contribution in [0.4, 0.5) is 0 Å². The van der Waals surface area contributed by atoms with Crippen molar-refractivity contribution in [1.82, 2.24) is 10.6 Å². The third-order valence-corrected chi connectivity index (χ3v) is 3.43. The van der Waals surface area contributed by atoms with Crippen LogP contribution in [0, 0.1) is 23.7 Å². The van der Waals surface area contributed by atoms with Crippen molar-refractivity contribution in [1.29, 1.82) is 0 Å². The molecule has 0 aromatic rings. The van der Waals surface area contributed by atoms with Gasteiger partial charge >= 0.3 is 0 Å². The van der Waals surface area contributed by atoms with Crippen molar-refractivity contribution >= 4 is 0 Å². The molecule has 2 N–H and O–H groups in total. The fourth-order valence-corrected chi connectivity index (χ4v) is 2.38. The summed E-state index contributed by atoms with van der Waals surface area (Å²) < 4.78 is 0. The first kappa shape index (κ1) is 15.1. The molecule has 1 aliphatic rings. The molecule has 2 nitrogen and oxygen atoms in total. The Morgan fingerprint density at radius 1 is 0.444 bits per heavy atom. The molecule has 0 bridgehead atoms. The van der Waals surface area contributed by atoms with Crippen molar-refractivity contribution in [2.75, 3.05) is 0 Å². The topological polar surface area (TPSA) is 24.1 Å². The van der Waals surface area contributed by atoms with E-state index in [0.717, 1.165) is 0 Å². The van der Waals surface area contributed by atoms with E-state index in [2.05, 4.69) is 66.0 Å². The van der Waals surface area contributed by atoms with Crippen LogP contribution < -0.4 is 10.6 Å². The molecule has 1 heterocycles. The van der Waals surface area contributed by atoms with Crippen LogP contribution in [-0.2, 0) is 0 Å². The summed E-state index contributed by atoms with van der Waals surface area (Å²) in [5.41, 5.74) is 5.44. The van der Waals surface area contributed by atoms with Gasteiger partial charge in [-0.2, -0.15) is 0 Å². The standard InChI is InChI=1S/C16H30N2/c1-9(2)13-14(10(3)4)18-16(12(7)8)15(17-13)11(5)6/h9-12,17-18H,1-8H3. The fourth-order valence-electron chi connectivity index (χ4n) is 2.38. The fraction of sp³-hybridized carbons (Fsp3) is 0.750. The van der Waals surface area contributed by atoms with Crippen LogP contribution in [0.15, 0.2) is 22.8 Å². The number of hydrogen-bond acceptors (Lipinski definition) is 2. The lowest BCUT2D eigenvalue weighted by molar-refractivity contribution is 0.513. The van der Waals surface area contributed by atoms with Gasteiger partial charge in [-0.25, -0.2) is 0 Å². The van der Waals surface area contributed by atoms with E-state index >= 15 is 0 Å². The summed E-state index contributed by atoms with van der Waals surface area (Å²) >= 11 is 0. The minimum atomic E-state index is 0.525. The normalized spacial score (nSPS) is 17.1. The molecule has 0 atom stereocenters. The van der Waals surface area contributed by atoms with Crippen molar-refractivity contribution < 1.29 is 0 Å². The van der Waals surface area contributed by atoms with E-state index in [9.17, 15) is 0 Å². The second kappa shape index (κ2) is 5.81. The quantitative estimate of drug-likeness (QED) is 0.780. The van der Waals surface area contributed by atoms with E-state index in [1.54, 1.807) is 0 Å². The third-order valence-electron chi connectivity index (χ3n) is 3.43. The van der Waals surface area contributed by atoms with Gasteiger partial charge in [-0.1, -0.05) is 55.4 Å². The lowest BCUT2D eigenvalue weighted by Crippen LogP contribution is -2.38. The van der Waals surface area contributed by atoms with E-state index in [0.29, 0.717) is 23.7 Å². The summed E-state index contributed by atoms with van der Waals surface area (Å²) in [7, 11) is 0. The Kier molecular flexibility index (Phi) is 4.89. The van der Waals surface area contributed by atoms with Crippen LogP contribution in [0.25, 0.3) is 0 Å². The Morgan fingerprint density at radius 2 is 0.611 bits per heavy atom. The predicted molar refractivity (Wildman–Crippen MR) is 79.7 cm³/mol. The molecule has 1 rings (SSSR count). The van der Waals surface area contributed by atoms with Crippen molar-refractivity contribution in [3.05, 3.63) is 22.8 Å². The third kappa shape index (κ3) is 3.09. The van der Waals surface area contributed by atoms with Crippen molar-refractivity contribution in [2.45, 2.75) is 55.4 Å². The van der Waals surface area contributed by atoms with Gasteiger partial charge in [0.25, 0.3) is 0 Å². The second-order valence-electron chi connectivity index (χ2n) is 6.52. The average Bonchev–Trinajstić information content (AvgIpc) is 2.26. The predicted octanol–water partition coefficient (Wildman–Crippen LogP) is 4.23. The summed E-state index contributed by atoms with van der Waals surface area (Å²) in [6, 6.07) is 0. The summed E-state index contributed by atoms with van der Waals surface area (Å²) in [6.45, 7) is 18.0. The second-order valence-corrected chi connectivity index (χ2v) is 6.52. The molecule has 0 saturated heterocycles. The molecule has 0 fully saturated rings. The first-order valence-corrected chi connectivity index (χ1v) is 7.27. The van der Waals surface area contributed by atoms with Crippen LogP contribution in [-0.4, -0.2) is 0 Å². The first-order chi connectivity index (χ1) is 8.25.